The zero-order valence-corrected chi connectivity index (χ0v) is 14.7. The summed E-state index contributed by atoms with van der Waals surface area (Å²) in [6.45, 7) is 0.462. The molecule has 1 aliphatic carbocycles. The molecule has 1 fully saturated rings. The molecule has 2 aliphatic rings. The van der Waals surface area contributed by atoms with Crippen LogP contribution >= 0.6 is 0 Å². The van der Waals surface area contributed by atoms with Gasteiger partial charge in [0.15, 0.2) is 6.79 Å². The number of hydrogen-bond donors (Lipinski definition) is 2. The molecule has 0 radical (unpaired) electrons. The van der Waals surface area contributed by atoms with Crippen LogP contribution in [-0.4, -0.2) is 31.6 Å². The Kier molecular flexibility index (Phi) is 6.08. The molecule has 2 atom stereocenters. The summed E-state index contributed by atoms with van der Waals surface area (Å²) < 4.78 is 63.4. The summed E-state index contributed by atoms with van der Waals surface area (Å²) in [5.41, 5.74) is 1.18. The van der Waals surface area contributed by atoms with Gasteiger partial charge >= 0.3 is 12.2 Å². The van der Waals surface area contributed by atoms with E-state index in [9.17, 15) is 22.4 Å². The average Bonchev–Trinajstić information content (AvgIpc) is 2.61. The number of hydrogen-bond acceptors (Lipinski definition) is 3. The van der Waals surface area contributed by atoms with E-state index < -0.39 is 30.0 Å². The molecule has 27 heavy (non-hydrogen) atoms. The molecule has 0 bridgehead atoms. The van der Waals surface area contributed by atoms with Crippen molar-refractivity contribution in [2.24, 2.45) is 5.92 Å². The molecule has 5 nitrogen and oxygen atoms in total. The van der Waals surface area contributed by atoms with Crippen LogP contribution in [0, 0.1) is 11.7 Å². The third-order valence-corrected chi connectivity index (χ3v) is 4.93. The highest BCUT2D eigenvalue weighted by Crippen LogP contribution is 2.37. The van der Waals surface area contributed by atoms with E-state index in [1.807, 2.05) is 0 Å². The maximum Gasteiger partial charge on any atom is 0.393 e. The summed E-state index contributed by atoms with van der Waals surface area (Å²) in [7, 11) is 0. The van der Waals surface area contributed by atoms with Crippen LogP contribution < -0.4 is 15.4 Å². The number of halogens is 4. The van der Waals surface area contributed by atoms with E-state index in [1.165, 1.54) is 12.1 Å². The van der Waals surface area contributed by atoms with Gasteiger partial charge in [-0.25, -0.2) is 9.18 Å². The summed E-state index contributed by atoms with van der Waals surface area (Å²) in [5.74, 6) is -1.41. The second-order valence-corrected chi connectivity index (χ2v) is 6.85. The van der Waals surface area contributed by atoms with E-state index in [-0.39, 0.29) is 26.4 Å². The molecule has 1 heterocycles. The van der Waals surface area contributed by atoms with E-state index in [0.717, 1.165) is 0 Å². The highest BCUT2D eigenvalue weighted by Gasteiger charge is 2.45. The molecule has 0 spiro atoms. The van der Waals surface area contributed by atoms with Gasteiger partial charge in [-0.15, -0.1) is 0 Å². The Morgan fingerprint density at radius 2 is 2.00 bits per heavy atom. The summed E-state index contributed by atoms with van der Waals surface area (Å²) in [6.07, 6.45) is -2.52. The van der Waals surface area contributed by atoms with Crippen molar-refractivity contribution in [1.82, 2.24) is 10.6 Å². The molecule has 1 aromatic rings. The minimum absolute atomic E-state index is 0.0310. The molecule has 2 N–H and O–H groups in total. The minimum Gasteiger partial charge on any atom is -0.467 e. The fourth-order valence-electron chi connectivity index (χ4n) is 3.67. The van der Waals surface area contributed by atoms with Gasteiger partial charge in [-0.05, 0) is 37.0 Å². The number of carbonyl (C=O) groups is 1. The zero-order chi connectivity index (χ0) is 19.4. The Morgan fingerprint density at radius 3 is 2.78 bits per heavy atom. The van der Waals surface area contributed by atoms with Crippen LogP contribution in [0.5, 0.6) is 5.75 Å². The van der Waals surface area contributed by atoms with Crippen molar-refractivity contribution < 1.29 is 31.8 Å². The first kappa shape index (κ1) is 19.7. The first-order valence-corrected chi connectivity index (χ1v) is 8.97. The molecule has 1 aromatic carbocycles. The summed E-state index contributed by atoms with van der Waals surface area (Å²) in [6, 6.07) is 1.09. The molecule has 1 aliphatic heterocycles. The van der Waals surface area contributed by atoms with E-state index in [0.29, 0.717) is 42.6 Å². The minimum atomic E-state index is -4.32. The summed E-state index contributed by atoms with van der Waals surface area (Å²) in [4.78, 5) is 12.0. The maximum absolute atomic E-state index is 13.7. The fraction of sp³-hybridized carbons (Fsp3) is 0.611. The first-order valence-electron chi connectivity index (χ1n) is 8.97. The lowest BCUT2D eigenvalue weighted by molar-refractivity contribution is -0.187. The van der Waals surface area contributed by atoms with E-state index in [4.69, 9.17) is 9.47 Å². The lowest BCUT2D eigenvalue weighted by Crippen LogP contribution is -2.50. The van der Waals surface area contributed by atoms with Crippen molar-refractivity contribution in [1.29, 1.82) is 0 Å². The van der Waals surface area contributed by atoms with Gasteiger partial charge in [-0.2, -0.15) is 13.2 Å². The monoisotopic (exact) mass is 390 g/mol. The number of urea groups is 1. The fourth-order valence-corrected chi connectivity index (χ4v) is 3.67. The van der Waals surface area contributed by atoms with E-state index >= 15 is 0 Å². The van der Waals surface area contributed by atoms with Gasteiger partial charge in [-0.1, -0.05) is 12.8 Å². The van der Waals surface area contributed by atoms with Crippen molar-refractivity contribution in [2.45, 2.75) is 50.9 Å². The number of benzene rings is 1. The Bertz CT molecular complexity index is 681. The Morgan fingerprint density at radius 1 is 1.22 bits per heavy atom. The molecule has 2 amide bonds. The first-order chi connectivity index (χ1) is 12.8. The van der Waals surface area contributed by atoms with Crippen LogP contribution in [-0.2, 0) is 17.8 Å². The lowest BCUT2D eigenvalue weighted by atomic mass is 9.84. The molecule has 3 rings (SSSR count). The highest BCUT2D eigenvalue weighted by molar-refractivity contribution is 5.74. The van der Waals surface area contributed by atoms with E-state index in [2.05, 4.69) is 10.6 Å². The number of carbonyl (C=O) groups excluding carboxylic acids is 1. The van der Waals surface area contributed by atoms with Crippen LogP contribution in [0.1, 0.15) is 36.8 Å². The molecule has 1 saturated carbocycles. The third kappa shape index (κ3) is 5.03. The molecular weight excluding hydrogens is 368 g/mol. The predicted octanol–water partition coefficient (Wildman–Crippen LogP) is 3.66. The van der Waals surface area contributed by atoms with Crippen LogP contribution in [0.4, 0.5) is 22.4 Å². The summed E-state index contributed by atoms with van der Waals surface area (Å²) >= 11 is 0. The van der Waals surface area contributed by atoms with Crippen molar-refractivity contribution in [3.8, 4) is 5.75 Å². The normalized spacial score (nSPS) is 22.5. The second-order valence-electron chi connectivity index (χ2n) is 6.85. The molecular formula is C18H22F4N2O3. The maximum atomic E-state index is 13.7. The van der Waals surface area contributed by atoms with Crippen LogP contribution in [0.25, 0.3) is 0 Å². The number of amides is 2. The zero-order valence-electron chi connectivity index (χ0n) is 14.7. The van der Waals surface area contributed by atoms with Crippen LogP contribution in [0.15, 0.2) is 12.1 Å². The number of nitrogens with one attached hydrogen (secondary N) is 2. The summed E-state index contributed by atoms with van der Waals surface area (Å²) in [5, 5.41) is 4.99. The van der Waals surface area contributed by atoms with Crippen LogP contribution in [0.2, 0.25) is 0 Å². The SMILES string of the molecule is O=C(NCCc1cc(F)cc2c1OCOC2)N[C@H]1CCCC[C@H]1C(F)(F)F. The van der Waals surface area contributed by atoms with Gasteiger partial charge in [-0.3, -0.25) is 0 Å². The van der Waals surface area contributed by atoms with Crippen molar-refractivity contribution in [2.75, 3.05) is 13.3 Å². The average molecular weight is 390 g/mol. The molecule has 9 heteroatoms. The second kappa shape index (κ2) is 8.33. The van der Waals surface area contributed by atoms with Gasteiger partial charge < -0.3 is 20.1 Å². The highest BCUT2D eigenvalue weighted by atomic mass is 19.4. The molecule has 0 aromatic heterocycles. The van der Waals surface area contributed by atoms with Gasteiger partial charge in [0, 0.05) is 18.2 Å². The van der Waals surface area contributed by atoms with Gasteiger partial charge in [0.1, 0.15) is 11.6 Å². The number of fused-ring (bicyclic) bond motifs is 1. The topological polar surface area (TPSA) is 59.6 Å². The van der Waals surface area contributed by atoms with Crippen molar-refractivity contribution >= 4 is 6.03 Å². The Balaban J connectivity index is 1.53. The lowest BCUT2D eigenvalue weighted by Gasteiger charge is -2.33. The molecule has 0 unspecified atom stereocenters. The van der Waals surface area contributed by atoms with Crippen molar-refractivity contribution in [3.63, 3.8) is 0 Å². The third-order valence-electron chi connectivity index (χ3n) is 4.93. The predicted molar refractivity (Wildman–Crippen MR) is 88.7 cm³/mol. The molecule has 150 valence electrons. The smallest absolute Gasteiger partial charge is 0.393 e. The molecule has 0 saturated heterocycles. The van der Waals surface area contributed by atoms with Gasteiger partial charge in [0.25, 0.3) is 0 Å². The number of alkyl halides is 3. The largest absolute Gasteiger partial charge is 0.467 e. The number of ether oxygens (including phenoxy) is 2. The quantitative estimate of drug-likeness (QED) is 0.772. The van der Waals surface area contributed by atoms with Crippen LogP contribution in [0.3, 0.4) is 0 Å². The van der Waals surface area contributed by atoms with E-state index in [1.54, 1.807) is 0 Å². The number of rotatable bonds is 4. The Labute approximate surface area is 154 Å². The van der Waals surface area contributed by atoms with Gasteiger partial charge in [0.05, 0.1) is 12.5 Å². The standard InChI is InChI=1S/C18H22F4N2O3/c19-13-7-11(16-12(8-13)9-26-10-27-16)5-6-23-17(25)24-15-4-2-1-3-14(15)18(20,21)22/h7-8,14-15H,1-6,9-10H2,(H2,23,24,25)/t14-,15+/m1/s1. The van der Waals surface area contributed by atoms with Crippen molar-refractivity contribution in [3.05, 3.63) is 29.1 Å². The Hall–Kier alpha value is -2.03. The van der Waals surface area contributed by atoms with Gasteiger partial charge in [0.2, 0.25) is 0 Å².